The SMILES string of the molecule is C=CC1CC2=CC(=O)CCC2C2CCC3(C)C(CCC3(C)C#N)C2C1. The van der Waals surface area contributed by atoms with Crippen molar-refractivity contribution in [1.82, 2.24) is 0 Å². The van der Waals surface area contributed by atoms with Crippen LogP contribution in [0.15, 0.2) is 24.3 Å². The van der Waals surface area contributed by atoms with Crippen LogP contribution in [0.2, 0.25) is 0 Å². The summed E-state index contributed by atoms with van der Waals surface area (Å²) in [6.45, 7) is 8.71. The normalized spacial score (nSPS) is 49.1. The average Bonchev–Trinajstić information content (AvgIpc) is 2.77. The molecule has 0 N–H and O–H groups in total. The molecule has 0 radical (unpaired) electrons. The Hall–Kier alpha value is -1.36. The summed E-state index contributed by atoms with van der Waals surface area (Å²) in [6.07, 6.45) is 12.8. The molecule has 3 saturated carbocycles. The number of fused-ring (bicyclic) bond motifs is 5. The summed E-state index contributed by atoms with van der Waals surface area (Å²) in [7, 11) is 0. The van der Waals surface area contributed by atoms with E-state index in [1.807, 2.05) is 6.08 Å². The molecule has 0 saturated heterocycles. The summed E-state index contributed by atoms with van der Waals surface area (Å²) in [4.78, 5) is 12.0. The Balaban J connectivity index is 1.73. The van der Waals surface area contributed by atoms with Crippen molar-refractivity contribution in [2.24, 2.45) is 40.4 Å². The quantitative estimate of drug-likeness (QED) is 0.596. The number of carbonyl (C=O) groups is 1. The molecular weight excluding hydrogens is 306 g/mol. The third kappa shape index (κ3) is 2.38. The molecule has 2 heteroatoms. The van der Waals surface area contributed by atoms with Gasteiger partial charge in [-0.25, -0.2) is 0 Å². The number of hydrogen-bond acceptors (Lipinski definition) is 2. The van der Waals surface area contributed by atoms with Gasteiger partial charge < -0.3 is 0 Å². The first-order chi connectivity index (χ1) is 11.9. The second-order valence-electron chi connectivity index (χ2n) is 9.64. The Morgan fingerprint density at radius 3 is 2.76 bits per heavy atom. The zero-order valence-electron chi connectivity index (χ0n) is 15.8. The summed E-state index contributed by atoms with van der Waals surface area (Å²) < 4.78 is 0. The summed E-state index contributed by atoms with van der Waals surface area (Å²) in [6, 6.07) is 2.70. The molecule has 4 rings (SSSR count). The van der Waals surface area contributed by atoms with E-state index in [4.69, 9.17) is 0 Å². The van der Waals surface area contributed by atoms with Gasteiger partial charge in [0.25, 0.3) is 0 Å². The number of nitrogens with zero attached hydrogens (tertiary/aromatic N) is 1. The minimum atomic E-state index is -0.167. The maximum absolute atomic E-state index is 12.0. The predicted molar refractivity (Wildman–Crippen MR) is 99.5 cm³/mol. The molecule has 0 aliphatic heterocycles. The lowest BCUT2D eigenvalue weighted by atomic mass is 9.51. The molecule has 25 heavy (non-hydrogen) atoms. The first-order valence-corrected chi connectivity index (χ1v) is 10.2. The van der Waals surface area contributed by atoms with Crippen molar-refractivity contribution in [2.45, 2.75) is 65.2 Å². The van der Waals surface area contributed by atoms with Crippen LogP contribution in [0.1, 0.15) is 65.2 Å². The highest BCUT2D eigenvalue weighted by atomic mass is 16.1. The van der Waals surface area contributed by atoms with Crippen LogP contribution in [-0.2, 0) is 4.79 Å². The molecule has 0 aromatic rings. The smallest absolute Gasteiger partial charge is 0.155 e. The number of ketones is 1. The fraction of sp³-hybridized carbons (Fsp3) is 0.739. The van der Waals surface area contributed by atoms with Gasteiger partial charge in [-0.2, -0.15) is 5.26 Å². The predicted octanol–water partition coefficient (Wildman–Crippen LogP) is 5.46. The minimum absolute atomic E-state index is 0.160. The molecular formula is C23H31NO. The number of carbonyl (C=O) groups excluding carboxylic acids is 1. The van der Waals surface area contributed by atoms with Gasteiger partial charge in [0.1, 0.15) is 0 Å². The summed E-state index contributed by atoms with van der Waals surface area (Å²) in [5.74, 6) is 3.49. The first kappa shape index (κ1) is 17.1. The van der Waals surface area contributed by atoms with Gasteiger partial charge in [-0.15, -0.1) is 6.58 Å². The van der Waals surface area contributed by atoms with Gasteiger partial charge in [-0.05, 0) is 93.0 Å². The summed E-state index contributed by atoms with van der Waals surface area (Å²) >= 11 is 0. The van der Waals surface area contributed by atoms with Crippen molar-refractivity contribution in [2.75, 3.05) is 0 Å². The van der Waals surface area contributed by atoms with E-state index in [1.54, 1.807) is 0 Å². The lowest BCUT2D eigenvalue weighted by Crippen LogP contribution is -2.46. The van der Waals surface area contributed by atoms with Crippen LogP contribution >= 0.6 is 0 Å². The Morgan fingerprint density at radius 1 is 1.24 bits per heavy atom. The third-order valence-corrected chi connectivity index (χ3v) is 8.79. The molecule has 7 unspecified atom stereocenters. The highest BCUT2D eigenvalue weighted by molar-refractivity contribution is 5.91. The molecule has 3 fully saturated rings. The van der Waals surface area contributed by atoms with Gasteiger partial charge in [0.2, 0.25) is 0 Å². The molecule has 4 aliphatic carbocycles. The van der Waals surface area contributed by atoms with Gasteiger partial charge >= 0.3 is 0 Å². The van der Waals surface area contributed by atoms with Crippen molar-refractivity contribution in [3.8, 4) is 6.07 Å². The van der Waals surface area contributed by atoms with Gasteiger partial charge in [-0.3, -0.25) is 4.79 Å². The van der Waals surface area contributed by atoms with Gasteiger partial charge in [0, 0.05) is 6.42 Å². The lowest BCUT2D eigenvalue weighted by Gasteiger charge is -2.52. The monoisotopic (exact) mass is 337 g/mol. The third-order valence-electron chi connectivity index (χ3n) is 8.79. The largest absolute Gasteiger partial charge is 0.295 e. The van der Waals surface area contributed by atoms with Crippen LogP contribution in [0.3, 0.4) is 0 Å². The molecule has 4 aliphatic rings. The number of nitriles is 1. The van der Waals surface area contributed by atoms with Gasteiger partial charge in [0.15, 0.2) is 5.78 Å². The molecule has 7 atom stereocenters. The van der Waals surface area contributed by atoms with Crippen LogP contribution in [0.25, 0.3) is 0 Å². The molecule has 0 spiro atoms. The molecule has 134 valence electrons. The van der Waals surface area contributed by atoms with Crippen molar-refractivity contribution in [3.05, 3.63) is 24.3 Å². The standard InChI is InChI=1S/C23H31NO/c1-4-15-11-16-13-17(25)5-6-18(16)19-7-10-23(3)21(20(19)12-15)8-9-22(23,2)14-24/h4,13,15,18-21H,1,5-12H2,2-3H3. The summed E-state index contributed by atoms with van der Waals surface area (Å²) in [5, 5.41) is 9.88. The van der Waals surface area contributed by atoms with E-state index in [0.717, 1.165) is 25.7 Å². The second-order valence-corrected chi connectivity index (χ2v) is 9.64. The van der Waals surface area contributed by atoms with Crippen molar-refractivity contribution < 1.29 is 4.79 Å². The molecule has 0 bridgehead atoms. The Bertz CT molecular complexity index is 670. The van der Waals surface area contributed by atoms with Crippen LogP contribution in [0.4, 0.5) is 0 Å². The average molecular weight is 338 g/mol. The number of rotatable bonds is 1. The number of hydrogen-bond donors (Lipinski definition) is 0. The van der Waals surface area contributed by atoms with E-state index in [2.05, 4.69) is 32.6 Å². The summed E-state index contributed by atoms with van der Waals surface area (Å²) in [5.41, 5.74) is 1.41. The molecule has 0 heterocycles. The highest BCUT2D eigenvalue weighted by Crippen LogP contribution is 2.67. The van der Waals surface area contributed by atoms with Gasteiger partial charge in [0.05, 0.1) is 11.5 Å². The van der Waals surface area contributed by atoms with Crippen molar-refractivity contribution >= 4 is 5.78 Å². The lowest BCUT2D eigenvalue weighted by molar-refractivity contribution is -0.115. The maximum Gasteiger partial charge on any atom is 0.155 e. The van der Waals surface area contributed by atoms with E-state index < -0.39 is 0 Å². The fourth-order valence-electron chi connectivity index (χ4n) is 7.09. The molecule has 0 aromatic carbocycles. The van der Waals surface area contributed by atoms with Crippen LogP contribution < -0.4 is 0 Å². The molecule has 0 amide bonds. The topological polar surface area (TPSA) is 40.9 Å². The highest BCUT2D eigenvalue weighted by Gasteiger charge is 2.61. The van der Waals surface area contributed by atoms with E-state index in [0.29, 0.717) is 35.4 Å². The van der Waals surface area contributed by atoms with Crippen molar-refractivity contribution in [1.29, 1.82) is 5.26 Å². The van der Waals surface area contributed by atoms with Crippen LogP contribution in [0.5, 0.6) is 0 Å². The second kappa shape index (κ2) is 5.83. The van der Waals surface area contributed by atoms with E-state index in [9.17, 15) is 10.1 Å². The van der Waals surface area contributed by atoms with E-state index in [1.165, 1.54) is 31.3 Å². The Kier molecular flexibility index (Phi) is 3.98. The Morgan fingerprint density at radius 2 is 2.04 bits per heavy atom. The van der Waals surface area contributed by atoms with Gasteiger partial charge in [-0.1, -0.05) is 18.6 Å². The number of allylic oxidation sites excluding steroid dienone is 3. The van der Waals surface area contributed by atoms with Crippen LogP contribution in [-0.4, -0.2) is 5.78 Å². The van der Waals surface area contributed by atoms with Crippen molar-refractivity contribution in [3.63, 3.8) is 0 Å². The fourth-order valence-corrected chi connectivity index (χ4v) is 7.09. The van der Waals surface area contributed by atoms with E-state index in [-0.39, 0.29) is 10.8 Å². The zero-order valence-corrected chi connectivity index (χ0v) is 15.8. The minimum Gasteiger partial charge on any atom is -0.295 e. The molecule has 2 nitrogen and oxygen atoms in total. The zero-order chi connectivity index (χ0) is 17.8. The Labute approximate surface area is 152 Å². The maximum atomic E-state index is 12.0. The van der Waals surface area contributed by atoms with E-state index >= 15 is 0 Å². The molecule has 0 aromatic heterocycles. The first-order valence-electron chi connectivity index (χ1n) is 10.2. The van der Waals surface area contributed by atoms with Crippen LogP contribution in [0, 0.1) is 51.8 Å².